The van der Waals surface area contributed by atoms with Crippen LogP contribution < -0.4 is 4.90 Å². The molecule has 3 heteroatoms. The van der Waals surface area contributed by atoms with Gasteiger partial charge < -0.3 is 5.11 Å². The molecule has 0 atom stereocenters. The first kappa shape index (κ1) is 30.6. The van der Waals surface area contributed by atoms with Gasteiger partial charge in [0, 0.05) is 22.3 Å². The molecule has 3 aromatic carbocycles. The predicted octanol–water partition coefficient (Wildman–Crippen LogP) is 10.2. The number of allylic oxidation sites excluding steroid dienone is 1. The molecule has 0 spiro atoms. The van der Waals surface area contributed by atoms with E-state index in [-0.39, 0.29) is 0 Å². The highest BCUT2D eigenvalue weighted by atomic mass is 16.3. The lowest BCUT2D eigenvalue weighted by molar-refractivity contribution is -0.430. The van der Waals surface area contributed by atoms with Gasteiger partial charge in [-0.15, -0.1) is 0 Å². The van der Waals surface area contributed by atoms with Crippen molar-refractivity contribution >= 4 is 17.2 Å². The number of aliphatic hydroxyl groups excluding tert-OH is 1. The van der Waals surface area contributed by atoms with Crippen molar-refractivity contribution in [3.63, 3.8) is 0 Å². The highest BCUT2D eigenvalue weighted by molar-refractivity contribution is 6.07. The van der Waals surface area contributed by atoms with Gasteiger partial charge >= 0.3 is 5.84 Å². The Bertz CT molecular complexity index is 1330. The maximum Gasteiger partial charge on any atom is 0.325 e. The van der Waals surface area contributed by atoms with E-state index in [0.717, 1.165) is 38.2 Å². The fourth-order valence-corrected chi connectivity index (χ4v) is 6.20. The van der Waals surface area contributed by atoms with Gasteiger partial charge in [-0.25, -0.2) is 9.48 Å². The van der Waals surface area contributed by atoms with Crippen LogP contribution in [0.5, 0.6) is 0 Å². The Morgan fingerprint density at radius 3 is 1.76 bits per heavy atom. The van der Waals surface area contributed by atoms with Crippen LogP contribution in [0.2, 0.25) is 0 Å². The molecule has 4 rings (SSSR count). The minimum Gasteiger partial charge on any atom is -0.501 e. The molecule has 1 aliphatic heterocycles. The first-order valence-electron chi connectivity index (χ1n) is 15.7. The number of hydrogen-bond acceptors (Lipinski definition) is 2. The lowest BCUT2D eigenvalue weighted by atomic mass is 9.91. The van der Waals surface area contributed by atoms with E-state index in [0.29, 0.717) is 29.4 Å². The van der Waals surface area contributed by atoms with Gasteiger partial charge in [-0.2, -0.15) is 0 Å². The van der Waals surface area contributed by atoms with Crippen LogP contribution in [0.25, 0.3) is 0 Å². The summed E-state index contributed by atoms with van der Waals surface area (Å²) < 4.78 is 2.43. The van der Waals surface area contributed by atoms with Gasteiger partial charge in [0.1, 0.15) is 24.5 Å². The molecular weight excluding hydrogens is 500 g/mol. The van der Waals surface area contributed by atoms with Crippen molar-refractivity contribution in [2.75, 3.05) is 18.0 Å². The number of benzene rings is 3. The van der Waals surface area contributed by atoms with Gasteiger partial charge in [-0.1, -0.05) is 122 Å². The van der Waals surface area contributed by atoms with Crippen LogP contribution in [0.15, 0.2) is 78.6 Å². The molecule has 0 bridgehead atoms. The molecule has 0 saturated carbocycles. The van der Waals surface area contributed by atoms with Crippen LogP contribution >= 0.6 is 0 Å². The topological polar surface area (TPSA) is 26.5 Å². The summed E-state index contributed by atoms with van der Waals surface area (Å²) in [6.45, 7) is 19.9. The number of anilines is 1. The van der Waals surface area contributed by atoms with E-state index in [4.69, 9.17) is 0 Å². The number of rotatable bonds is 11. The minimum absolute atomic E-state index is 0.380. The molecule has 1 heterocycles. The summed E-state index contributed by atoms with van der Waals surface area (Å²) in [6, 6.07) is 24.1. The second-order valence-electron chi connectivity index (χ2n) is 12.8. The molecular formula is C38H51N2O+. The number of hydrogen-bond donors (Lipinski definition) is 1. The van der Waals surface area contributed by atoms with Crippen molar-refractivity contribution < 1.29 is 9.68 Å². The quantitative estimate of drug-likeness (QED) is 0.146. The molecule has 0 saturated heterocycles. The summed E-state index contributed by atoms with van der Waals surface area (Å²) in [5.41, 5.74) is 9.25. The summed E-state index contributed by atoms with van der Waals surface area (Å²) in [5, 5.41) is 12.0. The van der Waals surface area contributed by atoms with Crippen molar-refractivity contribution in [1.82, 2.24) is 0 Å². The first-order chi connectivity index (χ1) is 19.6. The summed E-state index contributed by atoms with van der Waals surface area (Å²) in [7, 11) is 0. The number of amidine groups is 1. The molecule has 0 radical (unpaired) electrons. The lowest BCUT2D eigenvalue weighted by Gasteiger charge is -2.24. The molecule has 0 unspecified atom stereocenters. The molecule has 0 aliphatic carbocycles. The van der Waals surface area contributed by atoms with E-state index in [1.807, 2.05) is 0 Å². The Morgan fingerprint density at radius 1 is 0.732 bits per heavy atom. The zero-order valence-corrected chi connectivity index (χ0v) is 26.6. The third-order valence-electron chi connectivity index (χ3n) is 8.36. The van der Waals surface area contributed by atoms with Crippen LogP contribution in [-0.2, 0) is 6.42 Å². The normalized spacial score (nSPS) is 14.4. The standard InChI is InChI=1S/C38H50N2O/c1-26(2)31-19-14-20-32(27(3)4)36(31)39-24-25-40(37-33(28(5)6)21-15-22-34(37)29(7)8)38(39)35(41)23-13-12-18-30-16-10-9-11-17-30/h9-11,14-17,19-23,26-29H,12-13,18,24-25H2,1-8H3/p+1/b35-23-. The van der Waals surface area contributed by atoms with E-state index in [9.17, 15) is 5.11 Å². The van der Waals surface area contributed by atoms with Crippen LogP contribution in [0.3, 0.4) is 0 Å². The lowest BCUT2D eigenvalue weighted by Crippen LogP contribution is -2.33. The molecule has 218 valence electrons. The van der Waals surface area contributed by atoms with Crippen molar-refractivity contribution in [2.45, 2.75) is 98.3 Å². The zero-order chi connectivity index (χ0) is 29.7. The van der Waals surface area contributed by atoms with Crippen LogP contribution in [0.4, 0.5) is 11.4 Å². The van der Waals surface area contributed by atoms with Gasteiger partial charge in [0.25, 0.3) is 0 Å². The number of unbranched alkanes of at least 4 members (excludes halogenated alkanes) is 1. The predicted molar refractivity (Wildman–Crippen MR) is 176 cm³/mol. The van der Waals surface area contributed by atoms with Gasteiger partial charge in [0.2, 0.25) is 5.76 Å². The number of aryl methyl sites for hydroxylation is 1. The Kier molecular flexibility index (Phi) is 10.1. The van der Waals surface area contributed by atoms with E-state index >= 15 is 0 Å². The van der Waals surface area contributed by atoms with Gasteiger partial charge in [-0.3, -0.25) is 0 Å². The van der Waals surface area contributed by atoms with E-state index in [2.05, 4.69) is 138 Å². The molecule has 0 amide bonds. The second-order valence-corrected chi connectivity index (χ2v) is 12.8. The highest BCUT2D eigenvalue weighted by Crippen LogP contribution is 2.40. The summed E-state index contributed by atoms with van der Waals surface area (Å²) in [5.74, 6) is 2.83. The first-order valence-corrected chi connectivity index (χ1v) is 15.7. The van der Waals surface area contributed by atoms with E-state index in [1.165, 1.54) is 39.2 Å². The smallest absolute Gasteiger partial charge is 0.325 e. The highest BCUT2D eigenvalue weighted by Gasteiger charge is 2.40. The van der Waals surface area contributed by atoms with E-state index < -0.39 is 0 Å². The number of aliphatic hydroxyl groups is 1. The molecule has 0 fully saturated rings. The maximum atomic E-state index is 12.0. The molecule has 41 heavy (non-hydrogen) atoms. The average Bonchev–Trinajstić information content (AvgIpc) is 3.39. The number of nitrogens with zero attached hydrogens (tertiary/aromatic N) is 2. The van der Waals surface area contributed by atoms with E-state index in [1.54, 1.807) is 0 Å². The fourth-order valence-electron chi connectivity index (χ4n) is 6.20. The molecule has 0 aromatic heterocycles. The molecule has 1 N–H and O–H groups in total. The Balaban J connectivity index is 1.89. The van der Waals surface area contributed by atoms with Gasteiger partial charge in [-0.05, 0) is 54.6 Å². The maximum absolute atomic E-state index is 12.0. The Labute approximate surface area is 249 Å². The minimum atomic E-state index is 0.380. The van der Waals surface area contributed by atoms with Crippen molar-refractivity contribution in [2.24, 2.45) is 0 Å². The van der Waals surface area contributed by atoms with Crippen LogP contribution in [0.1, 0.15) is 120 Å². The average molecular weight is 552 g/mol. The van der Waals surface area contributed by atoms with Crippen molar-refractivity contribution in [1.29, 1.82) is 0 Å². The monoisotopic (exact) mass is 551 g/mol. The summed E-state index contributed by atoms with van der Waals surface area (Å²) in [4.78, 5) is 2.43. The zero-order valence-electron chi connectivity index (χ0n) is 26.6. The Hall–Kier alpha value is -3.33. The fraction of sp³-hybridized carbons (Fsp3) is 0.447. The largest absolute Gasteiger partial charge is 0.501 e. The SMILES string of the molecule is CC(C)c1cccc(C(C)C)c1N1CC[N+](c2c(C(C)C)cccc2C(C)C)=C1/C(O)=C/CCCc1ccccc1. The van der Waals surface area contributed by atoms with Gasteiger partial charge in [0.05, 0.1) is 0 Å². The Morgan fingerprint density at radius 2 is 1.24 bits per heavy atom. The second kappa shape index (κ2) is 13.6. The third kappa shape index (κ3) is 6.77. The van der Waals surface area contributed by atoms with Gasteiger partial charge in [0.15, 0.2) is 0 Å². The summed E-state index contributed by atoms with van der Waals surface area (Å²) in [6.07, 6.45) is 4.90. The van der Waals surface area contributed by atoms with Crippen LogP contribution in [-0.4, -0.2) is 28.6 Å². The van der Waals surface area contributed by atoms with Crippen molar-refractivity contribution in [3.05, 3.63) is 106 Å². The molecule has 3 aromatic rings. The van der Waals surface area contributed by atoms with Crippen LogP contribution in [0, 0.1) is 0 Å². The van der Waals surface area contributed by atoms with Crippen molar-refractivity contribution in [3.8, 4) is 0 Å². The molecule has 1 aliphatic rings. The molecule has 3 nitrogen and oxygen atoms in total. The summed E-state index contributed by atoms with van der Waals surface area (Å²) >= 11 is 0. The third-order valence-corrected chi connectivity index (χ3v) is 8.36. The number of para-hydroxylation sites is 2.